The van der Waals surface area contributed by atoms with Crippen LogP contribution in [-0.4, -0.2) is 39.6 Å². The lowest BCUT2D eigenvalue weighted by Gasteiger charge is -2.31. The molecule has 3 rings (SSSR count). The standard InChI is InChI=1S/C22H30N6O3/c1-4-17-13-19(29)26-22(24-17)28-18(12-15(3)27-28)25-21(31)20(30)23-14(2)10-11-16-8-6-5-7-9-16/h5-9,12,14,17,22,24H,4,10-11,13H2,1-3H3,(H,23,30)(H,25,31)(H,26,29). The molecule has 9 nitrogen and oxygen atoms in total. The second-order valence-corrected chi connectivity index (χ2v) is 7.91. The van der Waals surface area contributed by atoms with Crippen molar-refractivity contribution in [3.8, 4) is 0 Å². The SMILES string of the molecule is CCC1CC(=O)NC(n2nc(C)cc2NC(=O)C(=O)NC(C)CCc2ccccc2)N1. The number of aromatic nitrogens is 2. The van der Waals surface area contributed by atoms with E-state index in [1.807, 2.05) is 44.2 Å². The molecule has 166 valence electrons. The Balaban J connectivity index is 1.58. The second kappa shape index (κ2) is 10.2. The summed E-state index contributed by atoms with van der Waals surface area (Å²) < 4.78 is 1.49. The van der Waals surface area contributed by atoms with Crippen LogP contribution < -0.4 is 21.3 Å². The van der Waals surface area contributed by atoms with E-state index in [1.54, 1.807) is 13.0 Å². The van der Waals surface area contributed by atoms with Crippen molar-refractivity contribution in [3.05, 3.63) is 47.7 Å². The van der Waals surface area contributed by atoms with Crippen LogP contribution in [0.1, 0.15) is 50.7 Å². The monoisotopic (exact) mass is 426 g/mol. The molecule has 3 unspecified atom stereocenters. The largest absolute Gasteiger partial charge is 0.345 e. The quantitative estimate of drug-likeness (QED) is 0.502. The molecule has 0 spiro atoms. The van der Waals surface area contributed by atoms with E-state index in [2.05, 4.69) is 26.4 Å². The summed E-state index contributed by atoms with van der Waals surface area (Å²) in [6, 6.07) is 11.5. The van der Waals surface area contributed by atoms with Gasteiger partial charge in [-0.3, -0.25) is 19.7 Å². The number of hydrogen-bond donors (Lipinski definition) is 4. The molecule has 2 aromatic rings. The Bertz CT molecular complexity index is 927. The number of anilines is 1. The van der Waals surface area contributed by atoms with Crippen molar-refractivity contribution in [2.45, 2.75) is 64.8 Å². The van der Waals surface area contributed by atoms with Gasteiger partial charge in [-0.05, 0) is 38.7 Å². The van der Waals surface area contributed by atoms with E-state index in [0.717, 1.165) is 19.3 Å². The minimum atomic E-state index is -0.776. The molecule has 1 aliphatic rings. The van der Waals surface area contributed by atoms with Gasteiger partial charge in [0.05, 0.1) is 5.69 Å². The van der Waals surface area contributed by atoms with Crippen LogP contribution in [0.4, 0.5) is 5.82 Å². The van der Waals surface area contributed by atoms with Crippen molar-refractivity contribution in [2.24, 2.45) is 0 Å². The average molecular weight is 427 g/mol. The highest BCUT2D eigenvalue weighted by Crippen LogP contribution is 2.18. The summed E-state index contributed by atoms with van der Waals surface area (Å²) >= 11 is 0. The predicted molar refractivity (Wildman–Crippen MR) is 117 cm³/mol. The van der Waals surface area contributed by atoms with E-state index in [9.17, 15) is 14.4 Å². The maximum atomic E-state index is 12.5. The topological polar surface area (TPSA) is 117 Å². The molecule has 1 saturated heterocycles. The first-order valence-electron chi connectivity index (χ1n) is 10.6. The van der Waals surface area contributed by atoms with E-state index < -0.39 is 18.1 Å². The maximum Gasteiger partial charge on any atom is 0.314 e. The molecule has 1 aromatic carbocycles. The van der Waals surface area contributed by atoms with Gasteiger partial charge in [0.25, 0.3) is 0 Å². The van der Waals surface area contributed by atoms with E-state index in [4.69, 9.17) is 0 Å². The fourth-order valence-corrected chi connectivity index (χ4v) is 3.52. The lowest BCUT2D eigenvalue weighted by Crippen LogP contribution is -2.53. The van der Waals surface area contributed by atoms with Crippen LogP contribution in [0.25, 0.3) is 0 Å². The molecule has 31 heavy (non-hydrogen) atoms. The van der Waals surface area contributed by atoms with Gasteiger partial charge in [0.15, 0.2) is 6.29 Å². The summed E-state index contributed by atoms with van der Waals surface area (Å²) in [5, 5.41) is 15.8. The molecule has 3 amide bonds. The van der Waals surface area contributed by atoms with Crippen LogP contribution in [0.3, 0.4) is 0 Å². The molecular formula is C22H30N6O3. The van der Waals surface area contributed by atoms with Crippen LogP contribution in [-0.2, 0) is 20.8 Å². The number of nitrogens with zero attached hydrogens (tertiary/aromatic N) is 2. The van der Waals surface area contributed by atoms with Gasteiger partial charge in [0, 0.05) is 24.6 Å². The first-order valence-corrected chi connectivity index (χ1v) is 10.6. The van der Waals surface area contributed by atoms with Gasteiger partial charge in [-0.25, -0.2) is 4.68 Å². The van der Waals surface area contributed by atoms with Gasteiger partial charge >= 0.3 is 11.8 Å². The van der Waals surface area contributed by atoms with Gasteiger partial charge in [-0.15, -0.1) is 0 Å². The van der Waals surface area contributed by atoms with Crippen molar-refractivity contribution in [2.75, 3.05) is 5.32 Å². The molecule has 2 heterocycles. The fourth-order valence-electron chi connectivity index (χ4n) is 3.52. The first-order chi connectivity index (χ1) is 14.9. The maximum absolute atomic E-state index is 12.5. The zero-order valence-electron chi connectivity index (χ0n) is 18.1. The Morgan fingerprint density at radius 2 is 2.00 bits per heavy atom. The number of hydrogen-bond acceptors (Lipinski definition) is 5. The number of nitrogens with one attached hydrogen (secondary N) is 4. The van der Waals surface area contributed by atoms with Crippen LogP contribution in [0.15, 0.2) is 36.4 Å². The highest BCUT2D eigenvalue weighted by Gasteiger charge is 2.28. The van der Waals surface area contributed by atoms with Gasteiger partial charge in [0.1, 0.15) is 5.82 Å². The third-order valence-corrected chi connectivity index (χ3v) is 5.25. The number of aryl methyl sites for hydroxylation is 2. The molecule has 0 aliphatic carbocycles. The first kappa shape index (κ1) is 22.5. The van der Waals surface area contributed by atoms with Gasteiger partial charge < -0.3 is 16.0 Å². The molecule has 0 bridgehead atoms. The van der Waals surface area contributed by atoms with Gasteiger partial charge in [-0.2, -0.15) is 5.10 Å². The fraction of sp³-hybridized carbons (Fsp3) is 0.455. The van der Waals surface area contributed by atoms with Crippen LogP contribution in [0.5, 0.6) is 0 Å². The van der Waals surface area contributed by atoms with E-state index in [-0.39, 0.29) is 18.0 Å². The number of carbonyl (C=O) groups excluding carboxylic acids is 3. The van der Waals surface area contributed by atoms with Crippen molar-refractivity contribution < 1.29 is 14.4 Å². The molecular weight excluding hydrogens is 396 g/mol. The van der Waals surface area contributed by atoms with Crippen molar-refractivity contribution >= 4 is 23.5 Å². The second-order valence-electron chi connectivity index (χ2n) is 7.91. The third-order valence-electron chi connectivity index (χ3n) is 5.25. The Labute approximate surface area is 182 Å². The lowest BCUT2D eigenvalue weighted by atomic mass is 10.1. The highest BCUT2D eigenvalue weighted by atomic mass is 16.2. The van der Waals surface area contributed by atoms with E-state index >= 15 is 0 Å². The number of amides is 3. The molecule has 4 N–H and O–H groups in total. The molecule has 1 aromatic heterocycles. The molecule has 1 aliphatic heterocycles. The number of carbonyl (C=O) groups is 3. The Morgan fingerprint density at radius 1 is 1.26 bits per heavy atom. The number of benzene rings is 1. The smallest absolute Gasteiger partial charge is 0.314 e. The molecule has 1 fully saturated rings. The summed E-state index contributed by atoms with van der Waals surface area (Å²) in [5.74, 6) is -1.24. The Hall–Kier alpha value is -3.20. The predicted octanol–water partition coefficient (Wildman–Crippen LogP) is 1.61. The highest BCUT2D eigenvalue weighted by molar-refractivity contribution is 6.39. The minimum absolute atomic E-state index is 0.0144. The Kier molecular flexibility index (Phi) is 7.41. The molecule has 3 atom stereocenters. The van der Waals surface area contributed by atoms with Crippen molar-refractivity contribution in [1.82, 2.24) is 25.7 Å². The summed E-state index contributed by atoms with van der Waals surface area (Å²) in [4.78, 5) is 36.9. The summed E-state index contributed by atoms with van der Waals surface area (Å²) in [7, 11) is 0. The summed E-state index contributed by atoms with van der Waals surface area (Å²) in [5.41, 5.74) is 1.83. The van der Waals surface area contributed by atoms with Crippen LogP contribution in [0.2, 0.25) is 0 Å². The van der Waals surface area contributed by atoms with Crippen LogP contribution >= 0.6 is 0 Å². The average Bonchev–Trinajstić information content (AvgIpc) is 3.12. The van der Waals surface area contributed by atoms with Gasteiger partial charge in [0.2, 0.25) is 5.91 Å². The lowest BCUT2D eigenvalue weighted by molar-refractivity contribution is -0.136. The van der Waals surface area contributed by atoms with Crippen molar-refractivity contribution in [3.63, 3.8) is 0 Å². The van der Waals surface area contributed by atoms with Crippen molar-refractivity contribution in [1.29, 1.82) is 0 Å². The van der Waals surface area contributed by atoms with Gasteiger partial charge in [-0.1, -0.05) is 37.3 Å². The Morgan fingerprint density at radius 3 is 2.71 bits per heavy atom. The van der Waals surface area contributed by atoms with E-state index in [0.29, 0.717) is 17.9 Å². The number of rotatable bonds is 7. The summed E-state index contributed by atoms with van der Waals surface area (Å²) in [6.45, 7) is 5.64. The zero-order valence-corrected chi connectivity index (χ0v) is 18.1. The molecule has 0 radical (unpaired) electrons. The normalized spacial score (nSPS) is 19.4. The van der Waals surface area contributed by atoms with E-state index in [1.165, 1.54) is 10.2 Å². The zero-order chi connectivity index (χ0) is 22.4. The molecule has 0 saturated carbocycles. The van der Waals surface area contributed by atoms with Crippen LogP contribution in [0, 0.1) is 6.92 Å². The minimum Gasteiger partial charge on any atom is -0.345 e. The molecule has 9 heteroatoms. The summed E-state index contributed by atoms with van der Waals surface area (Å²) in [6.07, 6.45) is 2.11. The third kappa shape index (κ3) is 6.14.